The van der Waals surface area contributed by atoms with E-state index >= 15 is 0 Å². The van der Waals surface area contributed by atoms with Crippen molar-refractivity contribution in [2.45, 2.75) is 25.9 Å². The van der Waals surface area contributed by atoms with Gasteiger partial charge in [0.05, 0.1) is 11.5 Å². The van der Waals surface area contributed by atoms with E-state index in [1.165, 1.54) is 0 Å². The lowest BCUT2D eigenvalue weighted by Gasteiger charge is -2.15. The van der Waals surface area contributed by atoms with Gasteiger partial charge in [0.1, 0.15) is 5.75 Å². The van der Waals surface area contributed by atoms with Crippen LogP contribution >= 0.6 is 11.6 Å². The Labute approximate surface area is 145 Å². The van der Waals surface area contributed by atoms with Gasteiger partial charge in [-0.25, -0.2) is 8.42 Å². The van der Waals surface area contributed by atoms with E-state index in [1.807, 2.05) is 0 Å². The van der Waals surface area contributed by atoms with Crippen LogP contribution in [-0.2, 0) is 19.4 Å². The van der Waals surface area contributed by atoms with E-state index in [-0.39, 0.29) is 23.8 Å². The second kappa shape index (κ2) is 7.85. The standard InChI is InChI=1S/C15H19ClN2O5S/c1-10(23-13-4-2-12(16)3-5-13)15(20)18-17-14(19)8-11-6-7-24(21,22)9-11/h2-5,10-11H,6-9H2,1H3,(H,17,19)(H,18,20)/t10-,11-/m1/s1. The molecule has 24 heavy (non-hydrogen) atoms. The molecule has 1 aliphatic heterocycles. The summed E-state index contributed by atoms with van der Waals surface area (Å²) in [6.07, 6.45) is -0.288. The smallest absolute Gasteiger partial charge is 0.279 e. The minimum Gasteiger partial charge on any atom is -0.481 e. The monoisotopic (exact) mass is 374 g/mol. The maximum Gasteiger partial charge on any atom is 0.279 e. The quantitative estimate of drug-likeness (QED) is 0.751. The largest absolute Gasteiger partial charge is 0.481 e. The third-order valence-electron chi connectivity index (χ3n) is 3.62. The number of amides is 2. The Kier molecular flexibility index (Phi) is 6.06. The fourth-order valence-electron chi connectivity index (χ4n) is 2.35. The molecule has 2 N–H and O–H groups in total. The molecule has 0 unspecified atom stereocenters. The van der Waals surface area contributed by atoms with Crippen molar-refractivity contribution < 1.29 is 22.7 Å². The van der Waals surface area contributed by atoms with Crippen molar-refractivity contribution >= 4 is 33.3 Å². The maximum absolute atomic E-state index is 11.9. The number of hydrazine groups is 1. The van der Waals surface area contributed by atoms with Crippen LogP contribution in [0.25, 0.3) is 0 Å². The lowest BCUT2D eigenvalue weighted by atomic mass is 10.1. The van der Waals surface area contributed by atoms with Gasteiger partial charge in [0.2, 0.25) is 5.91 Å². The van der Waals surface area contributed by atoms with Crippen LogP contribution in [0.4, 0.5) is 0 Å². The molecule has 2 rings (SSSR count). The lowest BCUT2D eigenvalue weighted by molar-refractivity contribution is -0.133. The first kappa shape index (κ1) is 18.5. The molecule has 132 valence electrons. The Morgan fingerprint density at radius 3 is 2.54 bits per heavy atom. The predicted molar refractivity (Wildman–Crippen MR) is 89.2 cm³/mol. The summed E-state index contributed by atoms with van der Waals surface area (Å²) in [6.45, 7) is 1.54. The number of halogens is 1. The molecule has 0 saturated carbocycles. The Bertz CT molecular complexity index is 705. The summed E-state index contributed by atoms with van der Waals surface area (Å²) < 4.78 is 28.1. The molecule has 0 spiro atoms. The number of hydrogen-bond acceptors (Lipinski definition) is 5. The van der Waals surface area contributed by atoms with Gasteiger partial charge in [-0.1, -0.05) is 11.6 Å². The summed E-state index contributed by atoms with van der Waals surface area (Å²) in [7, 11) is -3.02. The van der Waals surface area contributed by atoms with Crippen molar-refractivity contribution in [1.82, 2.24) is 10.9 Å². The minimum atomic E-state index is -3.02. The number of carbonyl (C=O) groups excluding carboxylic acids is 2. The topological polar surface area (TPSA) is 102 Å². The summed E-state index contributed by atoms with van der Waals surface area (Å²) in [5.41, 5.74) is 4.55. The lowest BCUT2D eigenvalue weighted by Crippen LogP contribution is -2.47. The SMILES string of the molecule is C[C@@H](Oc1ccc(Cl)cc1)C(=O)NNC(=O)C[C@H]1CCS(=O)(=O)C1. The number of rotatable bonds is 5. The molecule has 1 saturated heterocycles. The van der Waals surface area contributed by atoms with Crippen LogP contribution in [0, 0.1) is 5.92 Å². The number of nitrogens with one attached hydrogen (secondary N) is 2. The molecule has 1 fully saturated rings. The van der Waals surface area contributed by atoms with Gasteiger partial charge in [-0.15, -0.1) is 0 Å². The van der Waals surface area contributed by atoms with E-state index in [0.717, 1.165) is 0 Å². The van der Waals surface area contributed by atoms with Gasteiger partial charge in [-0.3, -0.25) is 20.4 Å². The zero-order valence-electron chi connectivity index (χ0n) is 13.1. The molecule has 1 aromatic carbocycles. The van der Waals surface area contributed by atoms with Crippen molar-refractivity contribution in [2.75, 3.05) is 11.5 Å². The average Bonchev–Trinajstić information content (AvgIpc) is 2.85. The summed E-state index contributed by atoms with van der Waals surface area (Å²) >= 11 is 5.76. The van der Waals surface area contributed by atoms with Gasteiger partial charge in [0.15, 0.2) is 15.9 Å². The first-order valence-corrected chi connectivity index (χ1v) is 9.66. The van der Waals surface area contributed by atoms with Gasteiger partial charge in [-0.2, -0.15) is 0 Å². The highest BCUT2D eigenvalue weighted by Crippen LogP contribution is 2.21. The van der Waals surface area contributed by atoms with Crippen LogP contribution in [0.5, 0.6) is 5.75 Å². The third-order valence-corrected chi connectivity index (χ3v) is 5.71. The molecule has 0 aromatic heterocycles. The molecule has 9 heteroatoms. The number of carbonyl (C=O) groups is 2. The fourth-order valence-corrected chi connectivity index (χ4v) is 4.34. The molecule has 2 amide bonds. The van der Waals surface area contributed by atoms with E-state index in [2.05, 4.69) is 10.9 Å². The zero-order valence-corrected chi connectivity index (χ0v) is 14.7. The van der Waals surface area contributed by atoms with E-state index in [0.29, 0.717) is 17.2 Å². The van der Waals surface area contributed by atoms with Crippen molar-refractivity contribution in [3.05, 3.63) is 29.3 Å². The second-order valence-corrected chi connectivity index (χ2v) is 8.39. The fraction of sp³-hybridized carbons (Fsp3) is 0.467. The highest BCUT2D eigenvalue weighted by Gasteiger charge is 2.29. The molecular formula is C15H19ClN2O5S. The van der Waals surface area contributed by atoms with E-state index < -0.39 is 27.8 Å². The maximum atomic E-state index is 11.9. The molecule has 2 atom stereocenters. The van der Waals surface area contributed by atoms with Crippen molar-refractivity contribution in [3.8, 4) is 5.75 Å². The summed E-state index contributed by atoms with van der Waals surface area (Å²) in [5, 5.41) is 0.556. The summed E-state index contributed by atoms with van der Waals surface area (Å²) in [4.78, 5) is 23.6. The van der Waals surface area contributed by atoms with Crippen LogP contribution in [0.2, 0.25) is 5.02 Å². The Balaban J connectivity index is 1.73. The van der Waals surface area contributed by atoms with Crippen LogP contribution in [0.15, 0.2) is 24.3 Å². The molecule has 1 heterocycles. The Morgan fingerprint density at radius 1 is 1.29 bits per heavy atom. The zero-order chi connectivity index (χ0) is 17.7. The second-order valence-electron chi connectivity index (χ2n) is 5.72. The molecular weight excluding hydrogens is 356 g/mol. The molecule has 0 radical (unpaired) electrons. The van der Waals surface area contributed by atoms with Crippen molar-refractivity contribution in [3.63, 3.8) is 0 Å². The highest BCUT2D eigenvalue weighted by atomic mass is 35.5. The molecule has 0 bridgehead atoms. The van der Waals surface area contributed by atoms with Gasteiger partial charge in [0.25, 0.3) is 5.91 Å². The average molecular weight is 375 g/mol. The highest BCUT2D eigenvalue weighted by molar-refractivity contribution is 7.91. The van der Waals surface area contributed by atoms with Crippen molar-refractivity contribution in [2.24, 2.45) is 5.92 Å². The minimum absolute atomic E-state index is 0.0183. The molecule has 0 aliphatic carbocycles. The van der Waals surface area contributed by atoms with Crippen LogP contribution in [0.1, 0.15) is 19.8 Å². The van der Waals surface area contributed by atoms with Crippen molar-refractivity contribution in [1.29, 1.82) is 0 Å². The van der Waals surface area contributed by atoms with Gasteiger partial charge in [0, 0.05) is 11.4 Å². The summed E-state index contributed by atoms with van der Waals surface area (Å²) in [6, 6.07) is 6.54. The number of benzene rings is 1. The number of hydrogen-bond donors (Lipinski definition) is 2. The first-order valence-electron chi connectivity index (χ1n) is 7.46. The molecule has 7 nitrogen and oxygen atoms in total. The van der Waals surface area contributed by atoms with Crippen LogP contribution in [-0.4, -0.2) is 37.8 Å². The normalized spacial score (nSPS) is 20.2. The molecule has 1 aliphatic rings. The molecule has 1 aromatic rings. The number of sulfone groups is 1. The van der Waals surface area contributed by atoms with Crippen LogP contribution < -0.4 is 15.6 Å². The predicted octanol–water partition coefficient (Wildman–Crippen LogP) is 1.08. The number of ether oxygens (including phenoxy) is 1. The van der Waals surface area contributed by atoms with Gasteiger partial charge >= 0.3 is 0 Å². The Hall–Kier alpha value is -1.80. The van der Waals surface area contributed by atoms with Gasteiger partial charge < -0.3 is 4.74 Å². The van der Waals surface area contributed by atoms with E-state index in [4.69, 9.17) is 16.3 Å². The van der Waals surface area contributed by atoms with Gasteiger partial charge in [-0.05, 0) is 43.5 Å². The van der Waals surface area contributed by atoms with E-state index in [9.17, 15) is 18.0 Å². The summed E-state index contributed by atoms with van der Waals surface area (Å²) in [5.74, 6) is -0.533. The Morgan fingerprint density at radius 2 is 1.96 bits per heavy atom. The van der Waals surface area contributed by atoms with Crippen LogP contribution in [0.3, 0.4) is 0 Å². The first-order chi connectivity index (χ1) is 11.2. The van der Waals surface area contributed by atoms with E-state index in [1.54, 1.807) is 31.2 Å². The third kappa shape index (κ3) is 5.68.